The highest BCUT2D eigenvalue weighted by molar-refractivity contribution is 4.95. The molecule has 0 aromatic heterocycles. The van der Waals surface area contributed by atoms with Crippen LogP contribution in [0.4, 0.5) is 0 Å². The molecule has 4 atom stereocenters. The summed E-state index contributed by atoms with van der Waals surface area (Å²) in [5.74, 6) is 2.07. The van der Waals surface area contributed by atoms with Crippen LogP contribution < -0.4 is 5.32 Å². The maximum Gasteiger partial charge on any atom is 0.0620 e. The molecular weight excluding hydrogens is 162 g/mol. The van der Waals surface area contributed by atoms with Gasteiger partial charge in [-0.3, -0.25) is 0 Å². The maximum absolute atomic E-state index is 5.38. The van der Waals surface area contributed by atoms with Crippen molar-refractivity contribution in [3.63, 3.8) is 0 Å². The quantitative estimate of drug-likeness (QED) is 0.698. The fourth-order valence-electron chi connectivity index (χ4n) is 3.42. The summed E-state index contributed by atoms with van der Waals surface area (Å²) in [6.07, 6.45) is 7.17. The third-order valence-corrected chi connectivity index (χ3v) is 4.12. The predicted molar refractivity (Wildman–Crippen MR) is 51.6 cm³/mol. The second kappa shape index (κ2) is 3.25. The minimum atomic E-state index is 0.671. The van der Waals surface area contributed by atoms with Crippen molar-refractivity contribution in [3.8, 4) is 0 Å². The van der Waals surface area contributed by atoms with Crippen LogP contribution in [0.2, 0.25) is 0 Å². The summed E-state index contributed by atoms with van der Waals surface area (Å²) in [5.41, 5.74) is 0. The van der Waals surface area contributed by atoms with Crippen molar-refractivity contribution in [3.05, 3.63) is 0 Å². The third kappa shape index (κ3) is 1.50. The summed E-state index contributed by atoms with van der Waals surface area (Å²) >= 11 is 0. The van der Waals surface area contributed by atoms with Crippen LogP contribution in [0.3, 0.4) is 0 Å². The minimum Gasteiger partial charge on any atom is -0.380 e. The summed E-state index contributed by atoms with van der Waals surface area (Å²) in [6, 6.07) is 1.51. The summed E-state index contributed by atoms with van der Waals surface area (Å²) in [5, 5.41) is 3.78. The summed E-state index contributed by atoms with van der Waals surface area (Å²) in [4.78, 5) is 0. The topological polar surface area (TPSA) is 21.3 Å². The van der Waals surface area contributed by atoms with Crippen LogP contribution in [-0.4, -0.2) is 25.3 Å². The molecule has 4 unspecified atom stereocenters. The van der Waals surface area contributed by atoms with Gasteiger partial charge in [0.05, 0.1) is 6.61 Å². The van der Waals surface area contributed by atoms with Gasteiger partial charge >= 0.3 is 0 Å². The molecule has 2 saturated carbocycles. The molecule has 1 saturated heterocycles. The molecule has 13 heavy (non-hydrogen) atoms. The van der Waals surface area contributed by atoms with E-state index >= 15 is 0 Å². The van der Waals surface area contributed by atoms with Gasteiger partial charge in [-0.05, 0) is 37.5 Å². The van der Waals surface area contributed by atoms with E-state index < -0.39 is 0 Å². The number of ether oxygens (including phenoxy) is 1. The second-order valence-electron chi connectivity index (χ2n) is 5.01. The van der Waals surface area contributed by atoms with E-state index in [0.29, 0.717) is 6.04 Å². The van der Waals surface area contributed by atoms with Crippen molar-refractivity contribution < 1.29 is 4.74 Å². The van der Waals surface area contributed by atoms with Crippen molar-refractivity contribution >= 4 is 0 Å². The molecule has 2 bridgehead atoms. The zero-order valence-corrected chi connectivity index (χ0v) is 8.17. The van der Waals surface area contributed by atoms with Gasteiger partial charge in [0.1, 0.15) is 0 Å². The standard InChI is InChI=1S/C11H19NO/c1-2-9-5-8(1)6-11(9)12-10-3-4-13-7-10/h8-12H,1-7H2. The van der Waals surface area contributed by atoms with Gasteiger partial charge in [-0.1, -0.05) is 6.42 Å². The van der Waals surface area contributed by atoms with E-state index in [4.69, 9.17) is 4.74 Å². The SMILES string of the molecule is C1CC(NC2CC3CCC2C3)CO1. The fourth-order valence-corrected chi connectivity index (χ4v) is 3.42. The molecule has 74 valence electrons. The minimum absolute atomic E-state index is 0.671. The molecular formula is C11H19NO. The molecule has 3 aliphatic rings. The molecule has 3 rings (SSSR count). The molecule has 3 fully saturated rings. The van der Waals surface area contributed by atoms with E-state index in [-0.39, 0.29) is 0 Å². The van der Waals surface area contributed by atoms with Gasteiger partial charge in [-0.2, -0.15) is 0 Å². The van der Waals surface area contributed by atoms with E-state index in [1.807, 2.05) is 0 Å². The smallest absolute Gasteiger partial charge is 0.0620 e. The number of fused-ring (bicyclic) bond motifs is 2. The van der Waals surface area contributed by atoms with E-state index in [0.717, 1.165) is 31.1 Å². The Morgan fingerprint density at radius 1 is 1.08 bits per heavy atom. The van der Waals surface area contributed by atoms with Gasteiger partial charge in [-0.25, -0.2) is 0 Å². The van der Waals surface area contributed by atoms with Gasteiger partial charge in [0, 0.05) is 18.7 Å². The first-order chi connectivity index (χ1) is 6.42. The molecule has 2 aliphatic carbocycles. The van der Waals surface area contributed by atoms with Gasteiger partial charge in [0.2, 0.25) is 0 Å². The van der Waals surface area contributed by atoms with Gasteiger partial charge < -0.3 is 10.1 Å². The molecule has 1 aliphatic heterocycles. The first kappa shape index (κ1) is 8.25. The Balaban J connectivity index is 1.55. The van der Waals surface area contributed by atoms with Gasteiger partial charge in [0.15, 0.2) is 0 Å². The average Bonchev–Trinajstić information content (AvgIpc) is 2.77. The van der Waals surface area contributed by atoms with Gasteiger partial charge in [0.25, 0.3) is 0 Å². The lowest BCUT2D eigenvalue weighted by Crippen LogP contribution is -2.41. The summed E-state index contributed by atoms with van der Waals surface area (Å²) < 4.78 is 5.38. The summed E-state index contributed by atoms with van der Waals surface area (Å²) in [7, 11) is 0. The van der Waals surface area contributed by atoms with Crippen molar-refractivity contribution in [1.29, 1.82) is 0 Å². The van der Waals surface area contributed by atoms with E-state index in [1.165, 1.54) is 32.1 Å². The number of nitrogens with one attached hydrogen (secondary N) is 1. The fraction of sp³-hybridized carbons (Fsp3) is 1.00. The molecule has 2 nitrogen and oxygen atoms in total. The lowest BCUT2D eigenvalue weighted by Gasteiger charge is -2.25. The highest BCUT2D eigenvalue weighted by atomic mass is 16.5. The van der Waals surface area contributed by atoms with Crippen molar-refractivity contribution in [2.24, 2.45) is 11.8 Å². The molecule has 0 radical (unpaired) electrons. The molecule has 0 aromatic carbocycles. The average molecular weight is 181 g/mol. The van der Waals surface area contributed by atoms with Crippen molar-refractivity contribution in [1.82, 2.24) is 5.32 Å². The normalized spacial score (nSPS) is 48.9. The number of hydrogen-bond donors (Lipinski definition) is 1. The first-order valence-electron chi connectivity index (χ1n) is 5.75. The Labute approximate surface area is 80.0 Å². The van der Waals surface area contributed by atoms with Crippen molar-refractivity contribution in [2.45, 2.75) is 44.2 Å². The van der Waals surface area contributed by atoms with Gasteiger partial charge in [-0.15, -0.1) is 0 Å². The zero-order valence-electron chi connectivity index (χ0n) is 8.17. The van der Waals surface area contributed by atoms with Crippen LogP contribution in [0.1, 0.15) is 32.1 Å². The Morgan fingerprint density at radius 2 is 2.08 bits per heavy atom. The third-order valence-electron chi connectivity index (χ3n) is 4.12. The Bertz CT molecular complexity index is 189. The molecule has 0 spiro atoms. The highest BCUT2D eigenvalue weighted by Gasteiger charge is 2.40. The van der Waals surface area contributed by atoms with E-state index in [9.17, 15) is 0 Å². The lowest BCUT2D eigenvalue weighted by atomic mass is 9.94. The van der Waals surface area contributed by atoms with Crippen LogP contribution in [0.15, 0.2) is 0 Å². The lowest BCUT2D eigenvalue weighted by molar-refractivity contribution is 0.184. The Morgan fingerprint density at radius 3 is 2.69 bits per heavy atom. The molecule has 0 amide bonds. The second-order valence-corrected chi connectivity index (χ2v) is 5.01. The molecule has 1 N–H and O–H groups in total. The monoisotopic (exact) mass is 181 g/mol. The van der Waals surface area contributed by atoms with Crippen LogP contribution in [-0.2, 0) is 4.74 Å². The van der Waals surface area contributed by atoms with Crippen LogP contribution in [0.5, 0.6) is 0 Å². The largest absolute Gasteiger partial charge is 0.380 e. The Hall–Kier alpha value is -0.0800. The van der Waals surface area contributed by atoms with E-state index in [2.05, 4.69) is 5.32 Å². The highest BCUT2D eigenvalue weighted by Crippen LogP contribution is 2.44. The van der Waals surface area contributed by atoms with Crippen LogP contribution in [0.25, 0.3) is 0 Å². The van der Waals surface area contributed by atoms with Crippen molar-refractivity contribution in [2.75, 3.05) is 13.2 Å². The maximum atomic E-state index is 5.38. The summed E-state index contributed by atoms with van der Waals surface area (Å²) in [6.45, 7) is 1.92. The number of rotatable bonds is 2. The van der Waals surface area contributed by atoms with Crippen LogP contribution >= 0.6 is 0 Å². The van der Waals surface area contributed by atoms with Crippen LogP contribution in [0, 0.1) is 11.8 Å². The predicted octanol–water partition coefficient (Wildman–Crippen LogP) is 1.55. The zero-order chi connectivity index (χ0) is 8.67. The molecule has 2 heteroatoms. The molecule has 1 heterocycles. The van der Waals surface area contributed by atoms with E-state index in [1.54, 1.807) is 0 Å². The number of hydrogen-bond acceptors (Lipinski definition) is 2. The molecule has 0 aromatic rings. The first-order valence-corrected chi connectivity index (χ1v) is 5.75. The Kier molecular flexibility index (Phi) is 2.06.